The van der Waals surface area contributed by atoms with E-state index in [1.54, 1.807) is 0 Å². The van der Waals surface area contributed by atoms with Crippen LogP contribution >= 0.6 is 15.9 Å². The zero-order valence-corrected chi connectivity index (χ0v) is 8.45. The lowest BCUT2D eigenvalue weighted by Gasteiger charge is -2.14. The first-order valence-corrected chi connectivity index (χ1v) is 4.31. The molecule has 1 aromatic heterocycles. The first kappa shape index (κ1) is 10.2. The van der Waals surface area contributed by atoms with Gasteiger partial charge < -0.3 is 5.11 Å². The number of aliphatic carboxylic acids is 1. The van der Waals surface area contributed by atoms with Gasteiger partial charge in [-0.3, -0.25) is 4.68 Å². The average Bonchev–Trinajstić information content (AvgIpc) is 2.34. The molecule has 0 bridgehead atoms. The lowest BCUT2D eigenvalue weighted by molar-refractivity contribution is -0.150. The molecule has 0 fully saturated rings. The topological polar surface area (TPSA) is 55.1 Å². The second kappa shape index (κ2) is 3.45. The van der Waals surface area contributed by atoms with Crippen LogP contribution < -0.4 is 0 Å². The summed E-state index contributed by atoms with van der Waals surface area (Å²) in [5.41, 5.74) is -2.29. The van der Waals surface area contributed by atoms with E-state index in [4.69, 9.17) is 5.11 Å². The van der Waals surface area contributed by atoms with Gasteiger partial charge in [0.15, 0.2) is 0 Å². The number of carbonyl (C=O) groups is 1. The third-order valence-electron chi connectivity index (χ3n) is 1.51. The van der Waals surface area contributed by atoms with E-state index in [9.17, 15) is 9.18 Å². The Labute approximate surface area is 82.5 Å². The van der Waals surface area contributed by atoms with Gasteiger partial charge in [-0.1, -0.05) is 0 Å². The molecule has 1 aromatic rings. The summed E-state index contributed by atoms with van der Waals surface area (Å²) in [5, 5.41) is 12.2. The summed E-state index contributed by atoms with van der Waals surface area (Å²) >= 11 is 3.12. The molecule has 0 aliphatic rings. The van der Waals surface area contributed by atoms with Crippen molar-refractivity contribution in [1.29, 1.82) is 0 Å². The van der Waals surface area contributed by atoms with Crippen LogP contribution in [0.15, 0.2) is 16.9 Å². The molecule has 1 N–H and O–H groups in total. The van der Waals surface area contributed by atoms with Gasteiger partial charge in [-0.05, 0) is 22.9 Å². The van der Waals surface area contributed by atoms with E-state index in [1.807, 2.05) is 0 Å². The molecule has 1 rings (SSSR count). The Morgan fingerprint density at radius 3 is 2.92 bits per heavy atom. The van der Waals surface area contributed by atoms with Crippen LogP contribution in [-0.2, 0) is 11.3 Å². The molecule has 0 aliphatic heterocycles. The molecule has 1 atom stereocenters. The third kappa shape index (κ3) is 2.51. The average molecular weight is 251 g/mol. The highest BCUT2D eigenvalue weighted by molar-refractivity contribution is 9.10. The maximum absolute atomic E-state index is 13.2. The molecule has 0 saturated heterocycles. The summed E-state index contributed by atoms with van der Waals surface area (Å²) < 4.78 is 15.2. The highest BCUT2D eigenvalue weighted by atomic mass is 79.9. The highest BCUT2D eigenvalue weighted by Crippen LogP contribution is 2.15. The van der Waals surface area contributed by atoms with E-state index >= 15 is 0 Å². The van der Waals surface area contributed by atoms with Gasteiger partial charge in [-0.25, -0.2) is 9.18 Å². The number of hydrogen-bond acceptors (Lipinski definition) is 2. The van der Waals surface area contributed by atoms with Gasteiger partial charge in [0.2, 0.25) is 5.67 Å². The monoisotopic (exact) mass is 250 g/mol. The van der Waals surface area contributed by atoms with Crippen molar-refractivity contribution in [1.82, 2.24) is 9.78 Å². The molecule has 6 heteroatoms. The predicted octanol–water partition coefficient (Wildman–Crippen LogP) is 1.46. The maximum atomic E-state index is 13.2. The first-order chi connectivity index (χ1) is 5.92. The van der Waals surface area contributed by atoms with Crippen LogP contribution in [0.3, 0.4) is 0 Å². The lowest BCUT2D eigenvalue weighted by Crippen LogP contribution is -2.35. The van der Waals surface area contributed by atoms with E-state index in [-0.39, 0.29) is 6.54 Å². The molecule has 0 amide bonds. The molecule has 13 heavy (non-hydrogen) atoms. The third-order valence-corrected chi connectivity index (χ3v) is 1.92. The van der Waals surface area contributed by atoms with Crippen molar-refractivity contribution < 1.29 is 14.3 Å². The lowest BCUT2D eigenvalue weighted by atomic mass is 10.1. The van der Waals surface area contributed by atoms with Crippen molar-refractivity contribution in [2.45, 2.75) is 19.1 Å². The van der Waals surface area contributed by atoms with Gasteiger partial charge in [0.05, 0.1) is 17.2 Å². The summed E-state index contributed by atoms with van der Waals surface area (Å²) in [6.45, 7) is 0.707. The largest absolute Gasteiger partial charge is 0.479 e. The quantitative estimate of drug-likeness (QED) is 0.884. The predicted molar refractivity (Wildman–Crippen MR) is 47.1 cm³/mol. The second-order valence-electron chi connectivity index (χ2n) is 2.86. The number of carboxylic acids is 1. The molecule has 4 nitrogen and oxygen atoms in total. The SMILES string of the molecule is CC(F)(Cn1cc(Br)cn1)C(=O)O. The molecule has 1 heterocycles. The van der Waals surface area contributed by atoms with E-state index < -0.39 is 11.6 Å². The summed E-state index contributed by atoms with van der Waals surface area (Å²) in [6.07, 6.45) is 2.98. The summed E-state index contributed by atoms with van der Waals surface area (Å²) in [7, 11) is 0. The van der Waals surface area contributed by atoms with Gasteiger partial charge in [-0.15, -0.1) is 0 Å². The van der Waals surface area contributed by atoms with Crippen molar-refractivity contribution in [2.24, 2.45) is 0 Å². The van der Waals surface area contributed by atoms with Gasteiger partial charge >= 0.3 is 5.97 Å². The number of rotatable bonds is 3. The molecule has 1 unspecified atom stereocenters. The maximum Gasteiger partial charge on any atom is 0.343 e. The Hall–Kier alpha value is -0.910. The van der Waals surface area contributed by atoms with Gasteiger partial charge in [0.25, 0.3) is 0 Å². The number of carboxylic acid groups (broad SMARTS) is 1. The summed E-state index contributed by atoms with van der Waals surface area (Å²) in [6, 6.07) is 0. The minimum Gasteiger partial charge on any atom is -0.479 e. The molecule has 0 aliphatic carbocycles. The van der Waals surface area contributed by atoms with Crippen molar-refractivity contribution in [3.05, 3.63) is 16.9 Å². The minimum absolute atomic E-state index is 0.298. The molecule has 0 aromatic carbocycles. The fourth-order valence-corrected chi connectivity index (χ4v) is 1.12. The number of halogens is 2. The van der Waals surface area contributed by atoms with Crippen molar-refractivity contribution >= 4 is 21.9 Å². The number of alkyl halides is 1. The molecule has 72 valence electrons. The Kier molecular flexibility index (Phi) is 2.70. The minimum atomic E-state index is -2.29. The number of nitrogens with zero attached hydrogens (tertiary/aromatic N) is 2. The van der Waals surface area contributed by atoms with Crippen molar-refractivity contribution in [3.8, 4) is 0 Å². The van der Waals surface area contributed by atoms with Gasteiger partial charge in [0.1, 0.15) is 0 Å². The fraction of sp³-hybridized carbons (Fsp3) is 0.429. The normalized spacial score (nSPS) is 15.3. The van der Waals surface area contributed by atoms with Gasteiger partial charge in [-0.2, -0.15) is 5.10 Å². The van der Waals surface area contributed by atoms with E-state index in [1.165, 1.54) is 17.1 Å². The number of hydrogen-bond donors (Lipinski definition) is 1. The molecule has 0 radical (unpaired) electrons. The molecular formula is C7H8BrFN2O2. The van der Waals surface area contributed by atoms with Crippen LogP contribution in [0.4, 0.5) is 4.39 Å². The van der Waals surface area contributed by atoms with Crippen LogP contribution in [0.1, 0.15) is 6.92 Å². The van der Waals surface area contributed by atoms with E-state index in [2.05, 4.69) is 21.0 Å². The summed E-state index contributed by atoms with van der Waals surface area (Å²) in [5.74, 6) is -1.49. The molecule has 0 saturated carbocycles. The number of aromatic nitrogens is 2. The second-order valence-corrected chi connectivity index (χ2v) is 3.77. The van der Waals surface area contributed by atoms with E-state index in [0.29, 0.717) is 4.47 Å². The van der Waals surface area contributed by atoms with Crippen LogP contribution in [0, 0.1) is 0 Å². The standard InChI is InChI=1S/C7H8BrFN2O2/c1-7(9,6(12)13)4-11-3-5(8)2-10-11/h2-3H,4H2,1H3,(H,12,13). The van der Waals surface area contributed by atoms with E-state index in [0.717, 1.165) is 6.92 Å². The zero-order valence-electron chi connectivity index (χ0n) is 6.87. The van der Waals surface area contributed by atoms with Crippen LogP contribution in [-0.4, -0.2) is 26.5 Å². The van der Waals surface area contributed by atoms with Crippen LogP contribution in [0.25, 0.3) is 0 Å². The Balaban J connectivity index is 2.74. The fourth-order valence-electron chi connectivity index (χ4n) is 0.797. The zero-order chi connectivity index (χ0) is 10.1. The van der Waals surface area contributed by atoms with Crippen molar-refractivity contribution in [2.75, 3.05) is 0 Å². The molecular weight excluding hydrogens is 243 g/mol. The smallest absolute Gasteiger partial charge is 0.343 e. The Morgan fingerprint density at radius 1 is 1.92 bits per heavy atom. The van der Waals surface area contributed by atoms with Crippen LogP contribution in [0.5, 0.6) is 0 Å². The highest BCUT2D eigenvalue weighted by Gasteiger charge is 2.33. The Morgan fingerprint density at radius 2 is 2.54 bits per heavy atom. The molecule has 0 spiro atoms. The summed E-state index contributed by atoms with van der Waals surface area (Å²) in [4.78, 5) is 10.4. The van der Waals surface area contributed by atoms with Crippen LogP contribution in [0.2, 0.25) is 0 Å². The van der Waals surface area contributed by atoms with Gasteiger partial charge in [0, 0.05) is 6.20 Å². The first-order valence-electron chi connectivity index (χ1n) is 3.52. The Bertz CT molecular complexity index is 324. The van der Waals surface area contributed by atoms with Crippen molar-refractivity contribution in [3.63, 3.8) is 0 Å².